The highest BCUT2D eigenvalue weighted by Crippen LogP contribution is 2.42. The lowest BCUT2D eigenvalue weighted by Gasteiger charge is -2.33. The SMILES string of the molecule is CCCCCCPC1(C)C=CC=CC1C. The molecule has 0 aromatic rings. The zero-order valence-corrected chi connectivity index (χ0v) is 11.4. The molecule has 0 radical (unpaired) electrons. The summed E-state index contributed by atoms with van der Waals surface area (Å²) in [4.78, 5) is 0. The lowest BCUT2D eigenvalue weighted by Crippen LogP contribution is -2.25. The van der Waals surface area contributed by atoms with Crippen molar-refractivity contribution in [2.75, 3.05) is 6.16 Å². The first-order valence-corrected chi connectivity index (χ1v) is 7.51. The van der Waals surface area contributed by atoms with Crippen molar-refractivity contribution >= 4 is 8.58 Å². The third kappa shape index (κ3) is 4.11. The molecule has 0 aliphatic heterocycles. The van der Waals surface area contributed by atoms with Crippen LogP contribution in [0.4, 0.5) is 0 Å². The van der Waals surface area contributed by atoms with Gasteiger partial charge in [0.25, 0.3) is 0 Å². The molecule has 15 heavy (non-hydrogen) atoms. The minimum absolute atomic E-state index is 0.445. The Hall–Kier alpha value is -0.0900. The Morgan fingerprint density at radius 1 is 1.20 bits per heavy atom. The summed E-state index contributed by atoms with van der Waals surface area (Å²) < 4.78 is 0. The number of allylic oxidation sites excluding steroid dienone is 4. The standard InChI is InChI=1S/C14H25P/c1-4-5-6-9-12-15-14(3)11-8-7-10-13(14)2/h7-8,10-11,13,15H,4-6,9,12H2,1-3H3. The molecule has 0 spiro atoms. The van der Waals surface area contributed by atoms with Crippen LogP contribution >= 0.6 is 8.58 Å². The zero-order chi connectivity index (χ0) is 11.1. The van der Waals surface area contributed by atoms with Gasteiger partial charge in [0.2, 0.25) is 0 Å². The van der Waals surface area contributed by atoms with Crippen LogP contribution in [-0.2, 0) is 0 Å². The molecule has 1 aliphatic carbocycles. The van der Waals surface area contributed by atoms with Crippen LogP contribution in [0.25, 0.3) is 0 Å². The first-order chi connectivity index (χ1) is 7.19. The van der Waals surface area contributed by atoms with Crippen molar-refractivity contribution in [3.05, 3.63) is 24.3 Å². The molecule has 0 N–H and O–H groups in total. The summed E-state index contributed by atoms with van der Waals surface area (Å²) in [6.45, 7) is 7.04. The van der Waals surface area contributed by atoms with Crippen molar-refractivity contribution < 1.29 is 0 Å². The van der Waals surface area contributed by atoms with E-state index in [1.165, 1.54) is 31.8 Å². The Morgan fingerprint density at radius 3 is 2.67 bits per heavy atom. The van der Waals surface area contributed by atoms with E-state index in [-0.39, 0.29) is 0 Å². The van der Waals surface area contributed by atoms with Crippen LogP contribution in [0.5, 0.6) is 0 Å². The van der Waals surface area contributed by atoms with Gasteiger partial charge in [-0.2, -0.15) is 0 Å². The largest absolute Gasteiger partial charge is 0.111 e. The van der Waals surface area contributed by atoms with E-state index in [0.29, 0.717) is 11.1 Å². The lowest BCUT2D eigenvalue weighted by atomic mass is 9.91. The minimum Gasteiger partial charge on any atom is -0.111 e. The second kappa shape index (κ2) is 6.48. The van der Waals surface area contributed by atoms with Crippen molar-refractivity contribution in [3.63, 3.8) is 0 Å². The van der Waals surface area contributed by atoms with Crippen molar-refractivity contribution in [2.24, 2.45) is 5.92 Å². The van der Waals surface area contributed by atoms with Gasteiger partial charge in [-0.3, -0.25) is 0 Å². The molecule has 0 heterocycles. The Balaban J connectivity index is 2.24. The van der Waals surface area contributed by atoms with Gasteiger partial charge in [0.05, 0.1) is 0 Å². The highest BCUT2D eigenvalue weighted by Gasteiger charge is 2.27. The monoisotopic (exact) mass is 224 g/mol. The Kier molecular flexibility index (Phi) is 5.61. The fraction of sp³-hybridized carbons (Fsp3) is 0.714. The van der Waals surface area contributed by atoms with E-state index in [1.807, 2.05) is 0 Å². The summed E-state index contributed by atoms with van der Waals surface area (Å²) in [6.07, 6.45) is 16.2. The molecular formula is C14H25P. The molecule has 86 valence electrons. The van der Waals surface area contributed by atoms with Gasteiger partial charge >= 0.3 is 0 Å². The van der Waals surface area contributed by atoms with Gasteiger partial charge in [-0.1, -0.05) is 64.3 Å². The van der Waals surface area contributed by atoms with Gasteiger partial charge in [-0.15, -0.1) is 8.58 Å². The molecule has 0 nitrogen and oxygen atoms in total. The predicted molar refractivity (Wildman–Crippen MR) is 73.2 cm³/mol. The van der Waals surface area contributed by atoms with E-state index >= 15 is 0 Å². The quantitative estimate of drug-likeness (QED) is 0.450. The number of hydrogen-bond acceptors (Lipinski definition) is 0. The Bertz CT molecular complexity index is 229. The van der Waals surface area contributed by atoms with Crippen LogP contribution in [0.1, 0.15) is 46.5 Å². The van der Waals surface area contributed by atoms with Gasteiger partial charge < -0.3 is 0 Å². The van der Waals surface area contributed by atoms with Crippen LogP contribution in [-0.4, -0.2) is 11.3 Å². The van der Waals surface area contributed by atoms with Gasteiger partial charge in [0.1, 0.15) is 0 Å². The average Bonchev–Trinajstić information content (AvgIpc) is 2.23. The molecule has 0 aromatic carbocycles. The molecule has 0 amide bonds. The van der Waals surface area contributed by atoms with Gasteiger partial charge in [0.15, 0.2) is 0 Å². The summed E-state index contributed by atoms with van der Waals surface area (Å²) in [7, 11) is 1.09. The van der Waals surface area contributed by atoms with Crippen LogP contribution in [0.2, 0.25) is 0 Å². The van der Waals surface area contributed by atoms with Crippen LogP contribution in [0, 0.1) is 5.92 Å². The van der Waals surface area contributed by atoms with Gasteiger partial charge in [-0.25, -0.2) is 0 Å². The molecule has 3 atom stereocenters. The fourth-order valence-corrected chi connectivity index (χ4v) is 3.57. The van der Waals surface area contributed by atoms with E-state index in [1.54, 1.807) is 0 Å². The molecule has 0 bridgehead atoms. The first-order valence-electron chi connectivity index (χ1n) is 6.30. The summed E-state index contributed by atoms with van der Waals surface area (Å²) in [6, 6.07) is 0. The third-order valence-electron chi connectivity index (χ3n) is 3.44. The van der Waals surface area contributed by atoms with E-state index in [9.17, 15) is 0 Å². The Morgan fingerprint density at radius 2 is 2.00 bits per heavy atom. The molecule has 1 rings (SSSR count). The van der Waals surface area contributed by atoms with Crippen molar-refractivity contribution in [1.29, 1.82) is 0 Å². The fourth-order valence-electron chi connectivity index (χ4n) is 1.97. The third-order valence-corrected chi connectivity index (χ3v) is 5.42. The maximum atomic E-state index is 2.41. The summed E-state index contributed by atoms with van der Waals surface area (Å²) >= 11 is 0. The zero-order valence-electron chi connectivity index (χ0n) is 10.4. The van der Waals surface area contributed by atoms with Gasteiger partial charge in [0, 0.05) is 5.16 Å². The second-order valence-electron chi connectivity index (χ2n) is 4.80. The number of rotatable bonds is 6. The van der Waals surface area contributed by atoms with E-state index in [0.717, 1.165) is 8.58 Å². The van der Waals surface area contributed by atoms with Crippen molar-refractivity contribution in [1.82, 2.24) is 0 Å². The van der Waals surface area contributed by atoms with Crippen LogP contribution < -0.4 is 0 Å². The normalized spacial score (nSPS) is 30.5. The number of hydrogen-bond donors (Lipinski definition) is 0. The van der Waals surface area contributed by atoms with Crippen molar-refractivity contribution in [3.8, 4) is 0 Å². The number of unbranched alkanes of at least 4 members (excludes halogenated alkanes) is 3. The molecule has 0 saturated carbocycles. The topological polar surface area (TPSA) is 0 Å². The maximum absolute atomic E-state index is 2.41. The summed E-state index contributed by atoms with van der Waals surface area (Å²) in [5, 5.41) is 0.445. The molecule has 0 fully saturated rings. The predicted octanol–water partition coefficient (Wildman–Crippen LogP) is 4.77. The molecule has 1 heteroatoms. The van der Waals surface area contributed by atoms with Gasteiger partial charge in [-0.05, 0) is 18.5 Å². The lowest BCUT2D eigenvalue weighted by molar-refractivity contribution is 0.591. The summed E-state index contributed by atoms with van der Waals surface area (Å²) in [5.41, 5.74) is 0. The van der Waals surface area contributed by atoms with E-state index in [2.05, 4.69) is 45.1 Å². The Labute approximate surface area is 97.0 Å². The van der Waals surface area contributed by atoms with Crippen LogP contribution in [0.15, 0.2) is 24.3 Å². The van der Waals surface area contributed by atoms with E-state index < -0.39 is 0 Å². The average molecular weight is 224 g/mol. The summed E-state index contributed by atoms with van der Waals surface area (Å²) in [5.74, 6) is 0.715. The maximum Gasteiger partial charge on any atom is 0.00903 e. The molecule has 0 aromatic heterocycles. The first kappa shape index (κ1) is 13.0. The minimum atomic E-state index is 0.445. The molecule has 3 unspecified atom stereocenters. The highest BCUT2D eigenvalue weighted by atomic mass is 31.1. The highest BCUT2D eigenvalue weighted by molar-refractivity contribution is 7.40. The smallest absolute Gasteiger partial charge is 0.00903 e. The van der Waals surface area contributed by atoms with Crippen molar-refractivity contribution in [2.45, 2.75) is 51.6 Å². The van der Waals surface area contributed by atoms with Crippen LogP contribution in [0.3, 0.4) is 0 Å². The molecule has 1 aliphatic rings. The second-order valence-corrected chi connectivity index (χ2v) is 6.73. The molecular weight excluding hydrogens is 199 g/mol. The molecule has 0 saturated heterocycles. The van der Waals surface area contributed by atoms with E-state index in [4.69, 9.17) is 0 Å².